The molecule has 2 heterocycles. The van der Waals surface area contributed by atoms with Gasteiger partial charge >= 0.3 is 0 Å². The number of fused-ring (bicyclic) bond motifs is 1. The Hall–Kier alpha value is -1.35. The predicted octanol–water partition coefficient (Wildman–Crippen LogP) is 2.35. The van der Waals surface area contributed by atoms with Crippen molar-refractivity contribution in [3.05, 3.63) is 35.4 Å². The van der Waals surface area contributed by atoms with Crippen LogP contribution >= 0.6 is 0 Å². The van der Waals surface area contributed by atoms with Crippen LogP contribution in [0.4, 0.5) is 0 Å². The van der Waals surface area contributed by atoms with Crippen LogP contribution in [0.3, 0.4) is 0 Å². The van der Waals surface area contributed by atoms with Crippen LogP contribution < -0.4 is 5.32 Å². The van der Waals surface area contributed by atoms with Crippen LogP contribution in [0.5, 0.6) is 0 Å². The molecule has 0 spiro atoms. The van der Waals surface area contributed by atoms with Crippen LogP contribution in [-0.2, 0) is 17.8 Å². The maximum atomic E-state index is 12.5. The number of nitrogens with one attached hydrogen (secondary N) is 1. The highest BCUT2D eigenvalue weighted by Gasteiger charge is 2.27. The molecular weight excluding hydrogens is 248 g/mol. The third-order valence-corrected chi connectivity index (χ3v) is 4.81. The number of piperidine rings is 1. The zero-order valence-electron chi connectivity index (χ0n) is 12.3. The molecule has 2 aliphatic rings. The van der Waals surface area contributed by atoms with E-state index in [0.717, 1.165) is 26.1 Å². The summed E-state index contributed by atoms with van der Waals surface area (Å²) in [5.74, 6) is 0.926. The Labute approximate surface area is 121 Å². The van der Waals surface area contributed by atoms with Crippen LogP contribution in [0.1, 0.15) is 37.3 Å². The van der Waals surface area contributed by atoms with Crippen molar-refractivity contribution in [1.82, 2.24) is 10.2 Å². The van der Waals surface area contributed by atoms with Gasteiger partial charge in [0, 0.05) is 25.6 Å². The molecule has 0 bridgehead atoms. The lowest BCUT2D eigenvalue weighted by Gasteiger charge is -2.33. The van der Waals surface area contributed by atoms with Gasteiger partial charge in [0.25, 0.3) is 0 Å². The zero-order chi connectivity index (χ0) is 13.9. The molecule has 2 unspecified atom stereocenters. The summed E-state index contributed by atoms with van der Waals surface area (Å²) in [7, 11) is 0. The predicted molar refractivity (Wildman–Crippen MR) is 80.4 cm³/mol. The van der Waals surface area contributed by atoms with Crippen molar-refractivity contribution >= 4 is 5.91 Å². The number of nitrogens with zero attached hydrogens (tertiary/aromatic N) is 1. The van der Waals surface area contributed by atoms with E-state index in [4.69, 9.17) is 0 Å². The second-order valence-corrected chi connectivity index (χ2v) is 6.22. The monoisotopic (exact) mass is 272 g/mol. The summed E-state index contributed by atoms with van der Waals surface area (Å²) in [5.41, 5.74) is 2.72. The number of hydrogen-bond donors (Lipinski definition) is 1. The Morgan fingerprint density at radius 1 is 1.35 bits per heavy atom. The molecule has 0 aromatic heterocycles. The molecule has 0 radical (unpaired) electrons. The normalized spacial score (nSPS) is 26.1. The first-order chi connectivity index (χ1) is 9.74. The fourth-order valence-electron chi connectivity index (χ4n) is 3.41. The molecule has 3 nitrogen and oxygen atoms in total. The summed E-state index contributed by atoms with van der Waals surface area (Å²) < 4.78 is 0. The second kappa shape index (κ2) is 5.96. The van der Waals surface area contributed by atoms with Crippen molar-refractivity contribution in [2.45, 2.75) is 45.2 Å². The molecule has 1 N–H and O–H groups in total. The van der Waals surface area contributed by atoms with E-state index >= 15 is 0 Å². The van der Waals surface area contributed by atoms with E-state index in [1.165, 1.54) is 24.0 Å². The SMILES string of the molecule is CC1CCCNC1CC(=O)N1CCc2ccccc2C1. The van der Waals surface area contributed by atoms with E-state index < -0.39 is 0 Å². The maximum absolute atomic E-state index is 12.5. The molecule has 20 heavy (non-hydrogen) atoms. The number of benzene rings is 1. The van der Waals surface area contributed by atoms with Gasteiger partial charge in [0.05, 0.1) is 0 Å². The second-order valence-electron chi connectivity index (χ2n) is 6.22. The summed E-state index contributed by atoms with van der Waals surface area (Å²) in [6.45, 7) is 4.98. The van der Waals surface area contributed by atoms with Crippen LogP contribution in [0.15, 0.2) is 24.3 Å². The van der Waals surface area contributed by atoms with E-state index in [0.29, 0.717) is 24.3 Å². The first kappa shape index (κ1) is 13.6. The molecule has 1 aromatic carbocycles. The van der Waals surface area contributed by atoms with Gasteiger partial charge in [-0.05, 0) is 42.9 Å². The quantitative estimate of drug-likeness (QED) is 0.896. The topological polar surface area (TPSA) is 32.3 Å². The number of carbonyl (C=O) groups is 1. The maximum Gasteiger partial charge on any atom is 0.224 e. The highest BCUT2D eigenvalue weighted by atomic mass is 16.2. The molecule has 1 amide bonds. The fraction of sp³-hybridized carbons (Fsp3) is 0.588. The van der Waals surface area contributed by atoms with Gasteiger partial charge in [-0.2, -0.15) is 0 Å². The smallest absolute Gasteiger partial charge is 0.224 e. The van der Waals surface area contributed by atoms with Gasteiger partial charge in [-0.15, -0.1) is 0 Å². The van der Waals surface area contributed by atoms with Gasteiger partial charge in [0.15, 0.2) is 0 Å². The summed E-state index contributed by atoms with van der Waals surface area (Å²) in [5, 5.41) is 3.51. The van der Waals surface area contributed by atoms with Gasteiger partial charge < -0.3 is 10.2 Å². The summed E-state index contributed by atoms with van der Waals surface area (Å²) in [6.07, 6.45) is 4.13. The molecule has 0 saturated carbocycles. The molecule has 2 aliphatic heterocycles. The molecule has 0 aliphatic carbocycles. The lowest BCUT2D eigenvalue weighted by molar-refractivity contribution is -0.133. The molecule has 108 valence electrons. The van der Waals surface area contributed by atoms with Gasteiger partial charge in [0.2, 0.25) is 5.91 Å². The van der Waals surface area contributed by atoms with E-state index in [2.05, 4.69) is 36.5 Å². The minimum Gasteiger partial charge on any atom is -0.338 e. The average Bonchev–Trinajstić information content (AvgIpc) is 2.49. The van der Waals surface area contributed by atoms with Crippen LogP contribution in [0, 0.1) is 5.92 Å². The minimum atomic E-state index is 0.311. The van der Waals surface area contributed by atoms with E-state index in [-0.39, 0.29) is 0 Å². The Morgan fingerprint density at radius 3 is 2.95 bits per heavy atom. The fourth-order valence-corrected chi connectivity index (χ4v) is 3.41. The zero-order valence-corrected chi connectivity index (χ0v) is 12.3. The number of hydrogen-bond acceptors (Lipinski definition) is 2. The molecular formula is C17H24N2O. The Kier molecular flexibility index (Phi) is 4.06. The van der Waals surface area contributed by atoms with Gasteiger partial charge in [-0.1, -0.05) is 31.2 Å². The van der Waals surface area contributed by atoms with Gasteiger partial charge in [-0.25, -0.2) is 0 Å². The van der Waals surface area contributed by atoms with Crippen LogP contribution in [-0.4, -0.2) is 29.9 Å². The van der Waals surface area contributed by atoms with E-state index in [1.54, 1.807) is 0 Å². The third-order valence-electron chi connectivity index (χ3n) is 4.81. The van der Waals surface area contributed by atoms with Crippen molar-refractivity contribution in [3.8, 4) is 0 Å². The number of amides is 1. The summed E-state index contributed by atoms with van der Waals surface area (Å²) in [6, 6.07) is 8.85. The highest BCUT2D eigenvalue weighted by molar-refractivity contribution is 5.77. The Balaban J connectivity index is 1.61. The number of rotatable bonds is 2. The van der Waals surface area contributed by atoms with Crippen molar-refractivity contribution in [2.75, 3.05) is 13.1 Å². The molecule has 1 aromatic rings. The van der Waals surface area contributed by atoms with Gasteiger partial charge in [-0.3, -0.25) is 4.79 Å². The molecule has 3 heteroatoms. The van der Waals surface area contributed by atoms with Crippen molar-refractivity contribution in [1.29, 1.82) is 0 Å². The lowest BCUT2D eigenvalue weighted by Crippen LogP contribution is -2.45. The van der Waals surface area contributed by atoms with Crippen LogP contribution in [0.2, 0.25) is 0 Å². The Bertz CT molecular complexity index is 486. The average molecular weight is 272 g/mol. The number of carbonyl (C=O) groups excluding carboxylic acids is 1. The first-order valence-electron chi connectivity index (χ1n) is 7.82. The largest absolute Gasteiger partial charge is 0.338 e. The molecule has 2 atom stereocenters. The summed E-state index contributed by atoms with van der Waals surface area (Å²) in [4.78, 5) is 14.5. The first-order valence-corrected chi connectivity index (χ1v) is 7.82. The summed E-state index contributed by atoms with van der Waals surface area (Å²) >= 11 is 0. The van der Waals surface area contributed by atoms with Crippen molar-refractivity contribution in [2.24, 2.45) is 5.92 Å². The minimum absolute atomic E-state index is 0.311. The van der Waals surface area contributed by atoms with E-state index in [1.807, 2.05) is 4.90 Å². The van der Waals surface area contributed by atoms with Crippen molar-refractivity contribution < 1.29 is 4.79 Å². The molecule has 1 saturated heterocycles. The van der Waals surface area contributed by atoms with Crippen molar-refractivity contribution in [3.63, 3.8) is 0 Å². The standard InChI is InChI=1S/C17H24N2O/c1-13-5-4-9-18-16(13)11-17(20)19-10-8-14-6-2-3-7-15(14)12-19/h2-3,6-7,13,16,18H,4-5,8-12H2,1H3. The lowest BCUT2D eigenvalue weighted by atomic mass is 9.90. The molecule has 3 rings (SSSR count). The van der Waals surface area contributed by atoms with Gasteiger partial charge in [0.1, 0.15) is 0 Å². The highest BCUT2D eigenvalue weighted by Crippen LogP contribution is 2.22. The Morgan fingerprint density at radius 2 is 2.15 bits per heavy atom. The van der Waals surface area contributed by atoms with Crippen LogP contribution in [0.25, 0.3) is 0 Å². The van der Waals surface area contributed by atoms with E-state index in [9.17, 15) is 4.79 Å². The molecule has 1 fully saturated rings. The third kappa shape index (κ3) is 2.88.